The van der Waals surface area contributed by atoms with Crippen molar-refractivity contribution in [3.8, 4) is 11.5 Å². The smallest absolute Gasteiger partial charge is 0.337 e. The summed E-state index contributed by atoms with van der Waals surface area (Å²) in [5.74, 6) is -1.63. The summed E-state index contributed by atoms with van der Waals surface area (Å²) < 4.78 is 5.66. The number of alkyl halides is 1. The standard InChI is InChI=1S/C21H24BCl2N3O6S/c22-33-21(32)16-11(10-34-20-15(24)19(31)26(16)20)9-27(6-1-2-7-27)8-5-25-18(30)12-3-4-13(28)17(29)14(12)23/h3-4,15,20H,1-2,5-10,22H2,(H2-,25,28,29,30)/p+1/t15-,20-/m1/s1. The number of halogens is 2. The maximum Gasteiger partial charge on any atom is 0.337 e. The number of benzene rings is 1. The first kappa shape index (κ1) is 25.0. The van der Waals surface area contributed by atoms with E-state index in [0.29, 0.717) is 35.6 Å². The summed E-state index contributed by atoms with van der Waals surface area (Å²) in [5, 5.41) is 21.0. The van der Waals surface area contributed by atoms with Gasteiger partial charge < -0.3 is 24.7 Å². The summed E-state index contributed by atoms with van der Waals surface area (Å²) in [4.78, 5) is 39.0. The zero-order chi connectivity index (χ0) is 24.6. The van der Waals surface area contributed by atoms with Gasteiger partial charge in [0, 0.05) is 24.2 Å². The number of rotatable bonds is 7. The first-order valence-corrected chi connectivity index (χ1v) is 12.8. The largest absolute Gasteiger partial charge is 0.539 e. The molecule has 0 bridgehead atoms. The molecule has 1 aromatic carbocycles. The molecule has 0 spiro atoms. The van der Waals surface area contributed by atoms with Crippen LogP contribution in [0, 0.1) is 0 Å². The summed E-state index contributed by atoms with van der Waals surface area (Å²) in [6, 6.07) is 2.56. The molecule has 0 radical (unpaired) electrons. The highest BCUT2D eigenvalue weighted by Crippen LogP contribution is 2.43. The molecule has 0 unspecified atom stereocenters. The number of phenolic OH excluding ortho intramolecular Hbond substituents is 2. The van der Waals surface area contributed by atoms with Gasteiger partial charge in [-0.1, -0.05) is 11.6 Å². The maximum absolute atomic E-state index is 12.6. The van der Waals surface area contributed by atoms with E-state index in [2.05, 4.69) is 5.32 Å². The third kappa shape index (κ3) is 4.46. The molecule has 0 aliphatic carbocycles. The van der Waals surface area contributed by atoms with Gasteiger partial charge in [0.1, 0.15) is 23.0 Å². The fourth-order valence-corrected chi connectivity index (χ4v) is 6.74. The lowest BCUT2D eigenvalue weighted by molar-refractivity contribution is -0.911. The second-order valence-electron chi connectivity index (χ2n) is 8.68. The molecule has 2 saturated heterocycles. The van der Waals surface area contributed by atoms with E-state index < -0.39 is 28.8 Å². The molecule has 2 atom stereocenters. The highest BCUT2D eigenvalue weighted by Gasteiger charge is 2.53. The molecule has 3 aliphatic rings. The molecule has 3 aliphatic heterocycles. The summed E-state index contributed by atoms with van der Waals surface area (Å²) >= 11 is 13.7. The number of fused-ring (bicyclic) bond motifs is 1. The highest BCUT2D eigenvalue weighted by atomic mass is 35.5. The van der Waals surface area contributed by atoms with Crippen LogP contribution in [0.3, 0.4) is 0 Å². The van der Waals surface area contributed by atoms with Crippen LogP contribution in [0.1, 0.15) is 23.2 Å². The molecule has 3 N–H and O–H groups in total. The summed E-state index contributed by atoms with van der Waals surface area (Å²) in [7, 11) is 1.30. The Balaban J connectivity index is 1.49. The molecule has 4 rings (SSSR count). The molecular formula is C21H25BCl2N3O6S+. The predicted molar refractivity (Wildman–Crippen MR) is 130 cm³/mol. The summed E-state index contributed by atoms with van der Waals surface area (Å²) in [6.07, 6.45) is 2.04. The minimum Gasteiger partial charge on any atom is -0.539 e. The summed E-state index contributed by atoms with van der Waals surface area (Å²) in [6.45, 7) is 3.30. The van der Waals surface area contributed by atoms with Crippen LogP contribution in [-0.2, 0) is 14.2 Å². The number of quaternary nitrogens is 1. The Morgan fingerprint density at radius 3 is 2.68 bits per heavy atom. The molecule has 34 heavy (non-hydrogen) atoms. The van der Waals surface area contributed by atoms with Crippen molar-refractivity contribution < 1.29 is 33.7 Å². The number of likely N-dealkylation sites (tertiary alicyclic amines) is 1. The highest BCUT2D eigenvalue weighted by molar-refractivity contribution is 8.00. The molecule has 182 valence electrons. The SMILES string of the molecule is BOC(=O)C1=C(C[N+]2(CCNC(=O)c3ccc(O)c(O)c3Cl)CCCC2)CS[C@@H]2[C@H](Cl)C(=O)N12. The number of hydrogen-bond acceptors (Lipinski definition) is 7. The van der Waals surface area contributed by atoms with Crippen LogP contribution in [0.15, 0.2) is 23.4 Å². The molecule has 3 heterocycles. The quantitative estimate of drug-likeness (QED) is 0.159. The van der Waals surface area contributed by atoms with Gasteiger partial charge in [-0.25, -0.2) is 4.79 Å². The van der Waals surface area contributed by atoms with Crippen molar-refractivity contribution in [3.05, 3.63) is 34.0 Å². The van der Waals surface area contributed by atoms with Crippen molar-refractivity contribution in [1.29, 1.82) is 0 Å². The number of phenols is 2. The maximum atomic E-state index is 12.6. The predicted octanol–water partition coefficient (Wildman–Crippen LogP) is 0.959. The Hall–Kier alpha value is -2.08. The van der Waals surface area contributed by atoms with E-state index in [1.54, 1.807) is 11.8 Å². The third-order valence-corrected chi connectivity index (χ3v) is 8.91. The van der Waals surface area contributed by atoms with Crippen LogP contribution >= 0.6 is 35.0 Å². The number of β-lactam (4-membered cyclic amide) rings is 1. The van der Waals surface area contributed by atoms with Crippen molar-refractivity contribution in [3.63, 3.8) is 0 Å². The first-order chi connectivity index (χ1) is 16.2. The van der Waals surface area contributed by atoms with Crippen molar-refractivity contribution in [2.24, 2.45) is 0 Å². The monoisotopic (exact) mass is 528 g/mol. The van der Waals surface area contributed by atoms with Gasteiger partial charge in [0.25, 0.3) is 5.91 Å². The zero-order valence-electron chi connectivity index (χ0n) is 18.6. The number of nitrogens with one attached hydrogen (secondary N) is 1. The molecular weight excluding hydrogens is 504 g/mol. The zero-order valence-corrected chi connectivity index (χ0v) is 20.9. The first-order valence-electron chi connectivity index (χ1n) is 10.9. The van der Waals surface area contributed by atoms with E-state index in [0.717, 1.165) is 31.5 Å². The van der Waals surface area contributed by atoms with Crippen LogP contribution in [0.5, 0.6) is 11.5 Å². The number of amides is 2. The Morgan fingerprint density at radius 2 is 2.00 bits per heavy atom. The summed E-state index contributed by atoms with van der Waals surface area (Å²) in [5.41, 5.74) is 1.22. The second-order valence-corrected chi connectivity index (χ2v) is 10.6. The van der Waals surface area contributed by atoms with Gasteiger partial charge in [0.15, 0.2) is 11.5 Å². The Bertz CT molecular complexity index is 1070. The number of nitrogens with zero attached hydrogens (tertiary/aromatic N) is 2. The van der Waals surface area contributed by atoms with Crippen LogP contribution in [0.2, 0.25) is 5.02 Å². The number of thioether (sulfide) groups is 1. The average Bonchev–Trinajstić information content (AvgIpc) is 3.29. The van der Waals surface area contributed by atoms with Crippen LogP contribution in [-0.4, -0.2) is 94.7 Å². The molecule has 9 nitrogen and oxygen atoms in total. The second kappa shape index (κ2) is 9.89. The van der Waals surface area contributed by atoms with E-state index in [9.17, 15) is 24.6 Å². The normalized spacial score (nSPS) is 23.4. The van der Waals surface area contributed by atoms with Gasteiger partial charge >= 0.3 is 14.0 Å². The van der Waals surface area contributed by atoms with E-state index in [4.69, 9.17) is 27.9 Å². The topological polar surface area (TPSA) is 116 Å². The third-order valence-electron chi connectivity index (χ3n) is 6.61. The van der Waals surface area contributed by atoms with Gasteiger partial charge in [0.2, 0.25) is 5.91 Å². The average molecular weight is 529 g/mol. The fraction of sp³-hybridized carbons (Fsp3) is 0.476. The lowest BCUT2D eigenvalue weighted by Gasteiger charge is -2.48. The Labute approximate surface area is 212 Å². The van der Waals surface area contributed by atoms with E-state index in [1.165, 1.54) is 25.1 Å². The molecule has 13 heteroatoms. The van der Waals surface area contributed by atoms with Gasteiger partial charge in [-0.15, -0.1) is 23.4 Å². The minimum atomic E-state index is -0.637. The number of carbonyl (C=O) groups is 3. The van der Waals surface area contributed by atoms with E-state index in [1.807, 2.05) is 0 Å². The van der Waals surface area contributed by atoms with E-state index in [-0.39, 0.29) is 21.9 Å². The van der Waals surface area contributed by atoms with Gasteiger partial charge in [-0.2, -0.15) is 0 Å². The van der Waals surface area contributed by atoms with Gasteiger partial charge in [-0.05, 0) is 12.1 Å². The molecule has 2 fully saturated rings. The number of aromatic hydroxyl groups is 2. The van der Waals surface area contributed by atoms with Crippen LogP contribution < -0.4 is 5.32 Å². The van der Waals surface area contributed by atoms with Crippen molar-refractivity contribution >= 4 is 60.8 Å². The van der Waals surface area contributed by atoms with Gasteiger partial charge in [0.05, 0.1) is 36.8 Å². The fourth-order valence-electron chi connectivity index (χ4n) is 4.81. The molecule has 2 amide bonds. The minimum absolute atomic E-state index is 0.0715. The number of carbonyl (C=O) groups excluding carboxylic acids is 3. The van der Waals surface area contributed by atoms with Crippen molar-refractivity contribution in [2.75, 3.05) is 38.5 Å². The Kier molecular flexibility index (Phi) is 7.28. The van der Waals surface area contributed by atoms with Crippen LogP contribution in [0.25, 0.3) is 0 Å². The lowest BCUT2D eigenvalue weighted by Crippen LogP contribution is -2.63. The Morgan fingerprint density at radius 1 is 1.29 bits per heavy atom. The molecule has 0 aromatic heterocycles. The molecule has 0 saturated carbocycles. The molecule has 1 aromatic rings. The number of hydrogen-bond donors (Lipinski definition) is 3. The lowest BCUT2D eigenvalue weighted by atomic mass is 10.1. The van der Waals surface area contributed by atoms with Crippen molar-refractivity contribution in [1.82, 2.24) is 10.2 Å². The van der Waals surface area contributed by atoms with Gasteiger partial charge in [-0.3, -0.25) is 14.5 Å². The van der Waals surface area contributed by atoms with E-state index >= 15 is 0 Å². The van der Waals surface area contributed by atoms with Crippen LogP contribution in [0.4, 0.5) is 0 Å². The van der Waals surface area contributed by atoms with Crippen molar-refractivity contribution in [2.45, 2.75) is 23.6 Å².